The fourth-order valence-electron chi connectivity index (χ4n) is 4.35. The number of amides is 3. The molecule has 2 aromatic rings. The highest BCUT2D eigenvalue weighted by molar-refractivity contribution is 5.94. The second-order valence-corrected chi connectivity index (χ2v) is 8.31. The first kappa shape index (κ1) is 22.0. The normalized spacial score (nSPS) is 18.5. The third-order valence-electron chi connectivity index (χ3n) is 6.02. The van der Waals surface area contributed by atoms with E-state index in [0.717, 1.165) is 22.7 Å². The highest BCUT2D eigenvalue weighted by atomic mass is 16.5. The Bertz CT molecular complexity index is 956. The Morgan fingerprint density at radius 1 is 1.09 bits per heavy atom. The quantitative estimate of drug-likeness (QED) is 0.772. The molecule has 4 rings (SSSR count). The molecular formula is C25H31N3O4. The van der Waals surface area contributed by atoms with Gasteiger partial charge in [-0.1, -0.05) is 30.3 Å². The van der Waals surface area contributed by atoms with Crippen LogP contribution in [0.2, 0.25) is 0 Å². The number of carbonyl (C=O) groups is 2. The molecule has 0 bridgehead atoms. The van der Waals surface area contributed by atoms with Crippen LogP contribution in [0.15, 0.2) is 48.5 Å². The van der Waals surface area contributed by atoms with Crippen molar-refractivity contribution in [2.24, 2.45) is 5.92 Å². The average molecular weight is 438 g/mol. The number of nitrogens with one attached hydrogen (secondary N) is 1. The van der Waals surface area contributed by atoms with E-state index in [1.54, 1.807) is 4.90 Å². The van der Waals surface area contributed by atoms with Crippen LogP contribution in [0.25, 0.3) is 0 Å². The molecule has 7 heteroatoms. The first-order valence-corrected chi connectivity index (χ1v) is 11.4. The molecule has 1 saturated heterocycles. The van der Waals surface area contributed by atoms with Crippen molar-refractivity contribution in [1.82, 2.24) is 10.2 Å². The van der Waals surface area contributed by atoms with Crippen molar-refractivity contribution >= 4 is 17.6 Å². The minimum Gasteiger partial charge on any atom is -0.494 e. The molecule has 0 unspecified atom stereocenters. The van der Waals surface area contributed by atoms with Gasteiger partial charge in [-0.25, -0.2) is 4.79 Å². The number of likely N-dealkylation sites (tertiary alicyclic amines) is 1. The summed E-state index contributed by atoms with van der Waals surface area (Å²) in [5.41, 5.74) is 1.78. The third kappa shape index (κ3) is 4.82. The SMILES string of the molecule is CCOc1ccccc1CNC(=O)C1CCN(C(=O)N2C[C@H](C)Oc3ccccc32)CC1. The first-order chi connectivity index (χ1) is 15.6. The molecule has 1 atom stereocenters. The van der Waals surface area contributed by atoms with Crippen LogP contribution < -0.4 is 19.7 Å². The number of rotatable bonds is 5. The highest BCUT2D eigenvalue weighted by Crippen LogP contribution is 2.34. The average Bonchev–Trinajstić information content (AvgIpc) is 2.82. The van der Waals surface area contributed by atoms with Crippen LogP contribution >= 0.6 is 0 Å². The maximum Gasteiger partial charge on any atom is 0.324 e. The van der Waals surface area contributed by atoms with E-state index < -0.39 is 0 Å². The number of fused-ring (bicyclic) bond motifs is 1. The molecule has 2 aliphatic rings. The van der Waals surface area contributed by atoms with E-state index in [9.17, 15) is 9.59 Å². The lowest BCUT2D eigenvalue weighted by Crippen LogP contribution is -2.52. The van der Waals surface area contributed by atoms with Crippen molar-refractivity contribution < 1.29 is 19.1 Å². The van der Waals surface area contributed by atoms with Gasteiger partial charge in [-0.15, -0.1) is 0 Å². The molecule has 1 fully saturated rings. The van der Waals surface area contributed by atoms with Crippen LogP contribution in [-0.4, -0.2) is 49.2 Å². The number of benzene rings is 2. The van der Waals surface area contributed by atoms with Crippen molar-refractivity contribution in [2.75, 3.05) is 31.1 Å². The minimum atomic E-state index is -0.0887. The summed E-state index contributed by atoms with van der Waals surface area (Å²) in [6.45, 7) is 6.60. The van der Waals surface area contributed by atoms with Gasteiger partial charge in [0, 0.05) is 31.1 Å². The van der Waals surface area contributed by atoms with Crippen LogP contribution in [0.5, 0.6) is 11.5 Å². The molecule has 0 spiro atoms. The summed E-state index contributed by atoms with van der Waals surface area (Å²) in [5, 5.41) is 3.04. The van der Waals surface area contributed by atoms with Crippen LogP contribution in [0.3, 0.4) is 0 Å². The molecule has 1 N–H and O–H groups in total. The zero-order valence-electron chi connectivity index (χ0n) is 18.8. The maximum absolute atomic E-state index is 13.2. The van der Waals surface area contributed by atoms with Crippen molar-refractivity contribution in [3.8, 4) is 11.5 Å². The standard InChI is InChI=1S/C25H31N3O4/c1-3-31-22-10-6-4-8-20(22)16-26-24(29)19-12-14-27(15-13-19)25(30)28-17-18(2)32-23-11-7-5-9-21(23)28/h4-11,18-19H,3,12-17H2,1-2H3,(H,26,29)/t18-/m0/s1. The van der Waals surface area contributed by atoms with Gasteiger partial charge in [0.15, 0.2) is 0 Å². The lowest BCUT2D eigenvalue weighted by atomic mass is 9.96. The predicted octanol–water partition coefficient (Wildman–Crippen LogP) is 3.82. The maximum atomic E-state index is 13.2. The second kappa shape index (κ2) is 9.94. The minimum absolute atomic E-state index is 0.0166. The number of nitrogens with zero attached hydrogens (tertiary/aromatic N) is 2. The zero-order chi connectivity index (χ0) is 22.5. The number of hydrogen-bond donors (Lipinski definition) is 1. The van der Waals surface area contributed by atoms with E-state index in [2.05, 4.69) is 5.32 Å². The lowest BCUT2D eigenvalue weighted by Gasteiger charge is -2.39. The number of anilines is 1. The van der Waals surface area contributed by atoms with Gasteiger partial charge in [0.1, 0.15) is 17.6 Å². The molecule has 2 aliphatic heterocycles. The van der Waals surface area contributed by atoms with Crippen LogP contribution in [-0.2, 0) is 11.3 Å². The summed E-state index contributed by atoms with van der Waals surface area (Å²) in [6, 6.07) is 15.4. The Labute approximate surface area is 189 Å². The van der Waals surface area contributed by atoms with E-state index in [-0.39, 0.29) is 24.0 Å². The van der Waals surface area contributed by atoms with E-state index in [4.69, 9.17) is 9.47 Å². The van der Waals surface area contributed by atoms with Gasteiger partial charge in [0.25, 0.3) is 0 Å². The Morgan fingerprint density at radius 2 is 1.81 bits per heavy atom. The predicted molar refractivity (Wildman–Crippen MR) is 123 cm³/mol. The van der Waals surface area contributed by atoms with Gasteiger partial charge in [-0.05, 0) is 44.9 Å². The number of para-hydroxylation sites is 3. The molecule has 7 nitrogen and oxygen atoms in total. The largest absolute Gasteiger partial charge is 0.494 e. The Balaban J connectivity index is 1.31. The fraction of sp³-hybridized carbons (Fsp3) is 0.440. The number of urea groups is 1. The van der Waals surface area contributed by atoms with Crippen LogP contribution in [0.1, 0.15) is 32.3 Å². The fourth-order valence-corrected chi connectivity index (χ4v) is 4.35. The summed E-state index contributed by atoms with van der Waals surface area (Å²) in [4.78, 5) is 29.6. The molecule has 0 saturated carbocycles. The molecule has 0 aliphatic carbocycles. The van der Waals surface area contributed by atoms with Gasteiger partial charge in [-0.3, -0.25) is 9.69 Å². The van der Waals surface area contributed by atoms with Crippen LogP contribution in [0, 0.1) is 5.92 Å². The van der Waals surface area contributed by atoms with E-state index in [1.807, 2.05) is 67.3 Å². The van der Waals surface area contributed by atoms with Gasteiger partial charge in [0.05, 0.1) is 18.8 Å². The van der Waals surface area contributed by atoms with E-state index >= 15 is 0 Å². The lowest BCUT2D eigenvalue weighted by molar-refractivity contribution is -0.126. The van der Waals surface area contributed by atoms with Gasteiger partial charge < -0.3 is 19.7 Å². The smallest absolute Gasteiger partial charge is 0.324 e. The van der Waals surface area contributed by atoms with Gasteiger partial charge >= 0.3 is 6.03 Å². The summed E-state index contributed by atoms with van der Waals surface area (Å²) >= 11 is 0. The molecular weight excluding hydrogens is 406 g/mol. The van der Waals surface area contributed by atoms with E-state index in [0.29, 0.717) is 45.6 Å². The molecule has 170 valence electrons. The van der Waals surface area contributed by atoms with Crippen molar-refractivity contribution in [3.05, 3.63) is 54.1 Å². The Hall–Kier alpha value is -3.22. The van der Waals surface area contributed by atoms with Gasteiger partial charge in [-0.2, -0.15) is 0 Å². The monoisotopic (exact) mass is 437 g/mol. The Kier molecular flexibility index (Phi) is 6.83. The summed E-state index contributed by atoms with van der Waals surface area (Å²) in [5.74, 6) is 1.49. The van der Waals surface area contributed by atoms with E-state index in [1.165, 1.54) is 0 Å². The van der Waals surface area contributed by atoms with Gasteiger partial charge in [0.2, 0.25) is 5.91 Å². The molecule has 0 radical (unpaired) electrons. The summed E-state index contributed by atoms with van der Waals surface area (Å²) in [6.07, 6.45) is 1.26. The Morgan fingerprint density at radius 3 is 2.59 bits per heavy atom. The molecule has 3 amide bonds. The molecule has 2 heterocycles. The van der Waals surface area contributed by atoms with Crippen LogP contribution in [0.4, 0.5) is 10.5 Å². The number of piperidine rings is 1. The summed E-state index contributed by atoms with van der Waals surface area (Å²) in [7, 11) is 0. The summed E-state index contributed by atoms with van der Waals surface area (Å²) < 4.78 is 11.5. The molecule has 0 aromatic heterocycles. The third-order valence-corrected chi connectivity index (χ3v) is 6.02. The van der Waals surface area contributed by atoms with Crippen molar-refractivity contribution in [3.63, 3.8) is 0 Å². The molecule has 32 heavy (non-hydrogen) atoms. The number of ether oxygens (including phenoxy) is 2. The number of carbonyl (C=O) groups excluding carboxylic acids is 2. The highest BCUT2D eigenvalue weighted by Gasteiger charge is 2.33. The topological polar surface area (TPSA) is 71.1 Å². The second-order valence-electron chi connectivity index (χ2n) is 8.31. The number of hydrogen-bond acceptors (Lipinski definition) is 4. The molecule has 2 aromatic carbocycles. The first-order valence-electron chi connectivity index (χ1n) is 11.4. The van der Waals surface area contributed by atoms with Crippen molar-refractivity contribution in [1.29, 1.82) is 0 Å². The van der Waals surface area contributed by atoms with Crippen molar-refractivity contribution in [2.45, 2.75) is 39.3 Å². The zero-order valence-corrected chi connectivity index (χ0v) is 18.8.